The third kappa shape index (κ3) is 5.45. The van der Waals surface area contributed by atoms with Crippen molar-refractivity contribution in [3.63, 3.8) is 0 Å². The highest BCUT2D eigenvalue weighted by Crippen LogP contribution is 2.11. The first-order chi connectivity index (χ1) is 12.7. The van der Waals surface area contributed by atoms with E-state index in [0.717, 1.165) is 29.8 Å². The van der Waals surface area contributed by atoms with Gasteiger partial charge >= 0.3 is 0 Å². The van der Waals surface area contributed by atoms with Crippen LogP contribution in [0, 0.1) is 6.92 Å². The van der Waals surface area contributed by atoms with E-state index in [1.807, 2.05) is 61.5 Å². The molecule has 0 aliphatic carbocycles. The van der Waals surface area contributed by atoms with Crippen LogP contribution in [0.2, 0.25) is 0 Å². The number of carbonyl (C=O) groups excluding carboxylic acids is 1. The number of aromatic nitrogens is 1. The van der Waals surface area contributed by atoms with Gasteiger partial charge in [0.25, 0.3) is 0 Å². The number of amides is 1. The summed E-state index contributed by atoms with van der Waals surface area (Å²) >= 11 is 0. The minimum absolute atomic E-state index is 0.0621. The number of carbonyl (C=O) groups is 1. The van der Waals surface area contributed by atoms with Gasteiger partial charge in [0.15, 0.2) is 0 Å². The van der Waals surface area contributed by atoms with E-state index in [0.29, 0.717) is 12.2 Å². The van der Waals surface area contributed by atoms with Crippen molar-refractivity contribution in [2.24, 2.45) is 0 Å². The zero-order valence-corrected chi connectivity index (χ0v) is 14.9. The maximum atomic E-state index is 12.1. The second-order valence-electron chi connectivity index (χ2n) is 6.31. The van der Waals surface area contributed by atoms with Gasteiger partial charge in [-0.2, -0.15) is 0 Å². The summed E-state index contributed by atoms with van der Waals surface area (Å²) in [7, 11) is 0. The Balaban J connectivity index is 1.47. The molecule has 1 heterocycles. The molecule has 0 bridgehead atoms. The topological polar surface area (TPSA) is 54.0 Å². The Morgan fingerprint density at radius 1 is 0.962 bits per heavy atom. The average molecular weight is 345 g/mol. The first-order valence-electron chi connectivity index (χ1n) is 8.78. The van der Waals surface area contributed by atoms with Gasteiger partial charge < -0.3 is 10.6 Å². The number of hydrogen-bond donors (Lipinski definition) is 2. The molecule has 2 N–H and O–H groups in total. The Morgan fingerprint density at radius 2 is 1.77 bits per heavy atom. The van der Waals surface area contributed by atoms with Gasteiger partial charge in [-0.05, 0) is 36.6 Å². The van der Waals surface area contributed by atoms with Gasteiger partial charge in [0, 0.05) is 6.54 Å². The smallest absolute Gasteiger partial charge is 0.229 e. The third-order valence-corrected chi connectivity index (χ3v) is 4.06. The SMILES string of the molecule is Cc1cccc(CC(=O)Nc2ccc(NCCc3ccccc3)cn2)c1. The molecule has 0 aliphatic heterocycles. The van der Waals surface area contributed by atoms with E-state index in [1.54, 1.807) is 6.20 Å². The fourth-order valence-electron chi connectivity index (χ4n) is 2.76. The Kier molecular flexibility index (Phi) is 5.99. The molecule has 3 aromatic rings. The lowest BCUT2D eigenvalue weighted by atomic mass is 10.1. The molecule has 1 aromatic heterocycles. The first kappa shape index (κ1) is 17.7. The minimum atomic E-state index is -0.0621. The summed E-state index contributed by atoms with van der Waals surface area (Å²) in [6.45, 7) is 2.86. The number of hydrogen-bond acceptors (Lipinski definition) is 3. The van der Waals surface area contributed by atoms with Gasteiger partial charge in [-0.25, -0.2) is 4.98 Å². The van der Waals surface area contributed by atoms with E-state index in [-0.39, 0.29) is 5.91 Å². The molecule has 0 saturated heterocycles. The highest BCUT2D eigenvalue weighted by Gasteiger charge is 2.05. The normalized spacial score (nSPS) is 10.3. The van der Waals surface area contributed by atoms with Gasteiger partial charge in [-0.3, -0.25) is 4.79 Å². The maximum absolute atomic E-state index is 12.1. The quantitative estimate of drug-likeness (QED) is 0.674. The predicted octanol–water partition coefficient (Wildman–Crippen LogP) is 4.23. The van der Waals surface area contributed by atoms with E-state index >= 15 is 0 Å². The lowest BCUT2D eigenvalue weighted by Gasteiger charge is -2.08. The lowest BCUT2D eigenvalue weighted by Crippen LogP contribution is -2.15. The van der Waals surface area contributed by atoms with Crippen molar-refractivity contribution in [2.45, 2.75) is 19.8 Å². The van der Waals surface area contributed by atoms with Crippen LogP contribution in [0.1, 0.15) is 16.7 Å². The molecule has 0 saturated carbocycles. The largest absolute Gasteiger partial charge is 0.383 e. The zero-order chi connectivity index (χ0) is 18.2. The predicted molar refractivity (Wildman–Crippen MR) is 106 cm³/mol. The summed E-state index contributed by atoms with van der Waals surface area (Å²) in [6, 6.07) is 22.1. The first-order valence-corrected chi connectivity index (χ1v) is 8.78. The van der Waals surface area contributed by atoms with Crippen molar-refractivity contribution >= 4 is 17.4 Å². The minimum Gasteiger partial charge on any atom is -0.383 e. The summed E-state index contributed by atoms with van der Waals surface area (Å²) in [5, 5.41) is 6.19. The number of rotatable bonds is 7. The van der Waals surface area contributed by atoms with Crippen molar-refractivity contribution in [2.75, 3.05) is 17.2 Å². The van der Waals surface area contributed by atoms with E-state index in [1.165, 1.54) is 5.56 Å². The molecule has 26 heavy (non-hydrogen) atoms. The van der Waals surface area contributed by atoms with Gasteiger partial charge in [-0.15, -0.1) is 0 Å². The molecule has 2 aromatic carbocycles. The molecule has 0 atom stereocenters. The van der Waals surface area contributed by atoms with Crippen molar-refractivity contribution in [3.8, 4) is 0 Å². The van der Waals surface area contributed by atoms with Crippen LogP contribution < -0.4 is 10.6 Å². The molecule has 0 fully saturated rings. The van der Waals surface area contributed by atoms with Gasteiger partial charge in [-0.1, -0.05) is 60.2 Å². The second kappa shape index (κ2) is 8.81. The van der Waals surface area contributed by atoms with Crippen LogP contribution in [0.25, 0.3) is 0 Å². The fourth-order valence-corrected chi connectivity index (χ4v) is 2.76. The molecule has 132 valence electrons. The summed E-state index contributed by atoms with van der Waals surface area (Å²) in [5.41, 5.74) is 4.40. The Morgan fingerprint density at radius 3 is 2.50 bits per heavy atom. The molecule has 0 unspecified atom stereocenters. The van der Waals surface area contributed by atoms with Crippen molar-refractivity contribution in [1.29, 1.82) is 0 Å². The molecular formula is C22H23N3O. The average Bonchev–Trinajstić information content (AvgIpc) is 2.64. The molecule has 0 radical (unpaired) electrons. The van der Waals surface area contributed by atoms with E-state index in [9.17, 15) is 4.79 Å². The van der Waals surface area contributed by atoms with Crippen LogP contribution in [0.4, 0.5) is 11.5 Å². The second-order valence-corrected chi connectivity index (χ2v) is 6.31. The van der Waals surface area contributed by atoms with Gasteiger partial charge in [0.2, 0.25) is 5.91 Å². The molecule has 0 aliphatic rings. The number of nitrogens with one attached hydrogen (secondary N) is 2. The third-order valence-electron chi connectivity index (χ3n) is 4.06. The van der Waals surface area contributed by atoms with Gasteiger partial charge in [0.1, 0.15) is 5.82 Å². The highest BCUT2D eigenvalue weighted by molar-refractivity contribution is 5.91. The molecule has 3 rings (SSSR count). The highest BCUT2D eigenvalue weighted by atomic mass is 16.1. The summed E-state index contributed by atoms with van der Waals surface area (Å²) in [4.78, 5) is 16.4. The lowest BCUT2D eigenvalue weighted by molar-refractivity contribution is -0.115. The number of pyridine rings is 1. The van der Waals surface area contributed by atoms with Gasteiger partial charge in [0.05, 0.1) is 18.3 Å². The monoisotopic (exact) mass is 345 g/mol. The van der Waals surface area contributed by atoms with Crippen LogP contribution in [0.3, 0.4) is 0 Å². The molecule has 0 spiro atoms. The van der Waals surface area contributed by atoms with E-state index in [2.05, 4.69) is 27.8 Å². The van der Waals surface area contributed by atoms with E-state index < -0.39 is 0 Å². The number of nitrogens with zero attached hydrogens (tertiary/aromatic N) is 1. The Bertz CT molecular complexity index is 845. The molecule has 4 nitrogen and oxygen atoms in total. The summed E-state index contributed by atoms with van der Waals surface area (Å²) < 4.78 is 0. The van der Waals surface area contributed by atoms with Crippen LogP contribution in [-0.4, -0.2) is 17.4 Å². The molecule has 4 heteroatoms. The molecule has 1 amide bonds. The number of benzene rings is 2. The Labute approximate surface area is 154 Å². The zero-order valence-electron chi connectivity index (χ0n) is 14.9. The standard InChI is InChI=1S/C22H23N3O/c1-17-6-5-9-19(14-17)15-22(26)25-21-11-10-20(16-24-21)23-13-12-18-7-3-2-4-8-18/h2-11,14,16,23H,12-13,15H2,1H3,(H,24,25,26). The van der Waals surface area contributed by atoms with Crippen molar-refractivity contribution in [3.05, 3.63) is 89.6 Å². The van der Waals surface area contributed by atoms with Crippen molar-refractivity contribution < 1.29 is 4.79 Å². The van der Waals surface area contributed by atoms with E-state index in [4.69, 9.17) is 0 Å². The summed E-state index contributed by atoms with van der Waals surface area (Å²) in [5.74, 6) is 0.504. The molecular weight excluding hydrogens is 322 g/mol. The fraction of sp³-hybridized carbons (Fsp3) is 0.182. The number of anilines is 2. The van der Waals surface area contributed by atoms with Crippen LogP contribution >= 0.6 is 0 Å². The summed E-state index contributed by atoms with van der Waals surface area (Å²) in [6.07, 6.45) is 3.05. The van der Waals surface area contributed by atoms with Crippen LogP contribution in [0.5, 0.6) is 0 Å². The van der Waals surface area contributed by atoms with Crippen LogP contribution in [0.15, 0.2) is 72.9 Å². The van der Waals surface area contributed by atoms with Crippen LogP contribution in [-0.2, 0) is 17.6 Å². The maximum Gasteiger partial charge on any atom is 0.229 e. The van der Waals surface area contributed by atoms with Crippen molar-refractivity contribution in [1.82, 2.24) is 4.98 Å². The number of aryl methyl sites for hydroxylation is 1. The Hall–Kier alpha value is -3.14.